The van der Waals surface area contributed by atoms with Crippen LogP contribution >= 0.6 is 0 Å². The molecule has 1 heterocycles. The average Bonchev–Trinajstić information content (AvgIpc) is 2.62. The number of sulfonamides is 1. The number of aryl methyl sites for hydroxylation is 2. The molecule has 0 radical (unpaired) electrons. The van der Waals surface area contributed by atoms with E-state index >= 15 is 0 Å². The van der Waals surface area contributed by atoms with Gasteiger partial charge in [-0.3, -0.25) is 0 Å². The van der Waals surface area contributed by atoms with Gasteiger partial charge in [0.15, 0.2) is 0 Å². The highest BCUT2D eigenvalue weighted by Crippen LogP contribution is 2.23. The van der Waals surface area contributed by atoms with Gasteiger partial charge in [-0.15, -0.1) is 0 Å². The molecule has 6 nitrogen and oxygen atoms in total. The highest BCUT2D eigenvalue weighted by molar-refractivity contribution is 7.89. The van der Waals surface area contributed by atoms with Gasteiger partial charge >= 0.3 is 5.97 Å². The highest BCUT2D eigenvalue weighted by Gasteiger charge is 2.28. The van der Waals surface area contributed by atoms with Gasteiger partial charge in [-0.25, -0.2) is 13.2 Å². The first-order chi connectivity index (χ1) is 12.4. The Morgan fingerprint density at radius 1 is 1.08 bits per heavy atom. The first kappa shape index (κ1) is 18.6. The molecule has 1 aliphatic heterocycles. The van der Waals surface area contributed by atoms with Crippen molar-refractivity contribution < 1.29 is 22.7 Å². The molecule has 1 saturated heterocycles. The number of carbonyl (C=O) groups is 1. The maximum absolute atomic E-state index is 12.9. The van der Waals surface area contributed by atoms with Crippen molar-refractivity contribution in [2.45, 2.75) is 18.7 Å². The van der Waals surface area contributed by atoms with E-state index in [2.05, 4.69) is 0 Å². The predicted molar refractivity (Wildman–Crippen MR) is 96.9 cm³/mol. The second-order valence-corrected chi connectivity index (χ2v) is 8.11. The Hall–Kier alpha value is -2.22. The second-order valence-electron chi connectivity index (χ2n) is 6.20. The summed E-state index contributed by atoms with van der Waals surface area (Å²) in [5, 5.41) is 0. The molecule has 1 aliphatic rings. The van der Waals surface area contributed by atoms with Crippen molar-refractivity contribution in [1.82, 2.24) is 4.31 Å². The van der Waals surface area contributed by atoms with E-state index in [1.807, 2.05) is 13.0 Å². The standard InChI is InChI=1S/C19H21NO5S/c1-14-4-3-5-17(12-14)25-19(21)16-7-6-15(2)18(13-16)26(22,23)20-8-10-24-11-9-20/h3-7,12-13H,8-11H2,1-2H3. The lowest BCUT2D eigenvalue weighted by Gasteiger charge is -2.26. The lowest BCUT2D eigenvalue weighted by molar-refractivity contribution is 0.0727. The fourth-order valence-electron chi connectivity index (χ4n) is 2.78. The number of rotatable bonds is 4. The van der Waals surface area contributed by atoms with Gasteiger partial charge in [0.25, 0.3) is 0 Å². The first-order valence-electron chi connectivity index (χ1n) is 8.35. The molecule has 0 bridgehead atoms. The quantitative estimate of drug-likeness (QED) is 0.607. The molecule has 3 rings (SSSR count). The molecule has 0 aliphatic carbocycles. The van der Waals surface area contributed by atoms with Crippen LogP contribution in [0.4, 0.5) is 0 Å². The molecule has 1 fully saturated rings. The Labute approximate surface area is 153 Å². The van der Waals surface area contributed by atoms with Crippen molar-refractivity contribution in [1.29, 1.82) is 0 Å². The molecule has 0 amide bonds. The Morgan fingerprint density at radius 3 is 2.50 bits per heavy atom. The number of nitrogens with zero attached hydrogens (tertiary/aromatic N) is 1. The summed E-state index contributed by atoms with van der Waals surface area (Å²) in [6.45, 7) is 4.96. The lowest BCUT2D eigenvalue weighted by atomic mass is 10.1. The second kappa shape index (κ2) is 7.57. The van der Waals surface area contributed by atoms with E-state index in [0.29, 0.717) is 37.6 Å². The van der Waals surface area contributed by atoms with Crippen molar-refractivity contribution in [3.8, 4) is 5.75 Å². The molecule has 26 heavy (non-hydrogen) atoms. The summed E-state index contributed by atoms with van der Waals surface area (Å²) in [5.74, 6) is -0.165. The molecule has 2 aromatic carbocycles. The van der Waals surface area contributed by atoms with Gasteiger partial charge in [0, 0.05) is 13.1 Å². The monoisotopic (exact) mass is 375 g/mol. The highest BCUT2D eigenvalue weighted by atomic mass is 32.2. The van der Waals surface area contributed by atoms with E-state index in [4.69, 9.17) is 9.47 Å². The average molecular weight is 375 g/mol. The van der Waals surface area contributed by atoms with Gasteiger partial charge in [-0.1, -0.05) is 18.2 Å². The van der Waals surface area contributed by atoms with Crippen LogP contribution in [0.15, 0.2) is 47.4 Å². The third-order valence-electron chi connectivity index (χ3n) is 4.21. The van der Waals surface area contributed by atoms with Gasteiger partial charge in [0.05, 0.1) is 23.7 Å². The summed E-state index contributed by atoms with van der Waals surface area (Å²) < 4.78 is 37.8. The lowest BCUT2D eigenvalue weighted by Crippen LogP contribution is -2.40. The largest absolute Gasteiger partial charge is 0.423 e. The molecule has 138 valence electrons. The summed E-state index contributed by atoms with van der Waals surface area (Å²) in [5.41, 5.74) is 1.75. The van der Waals surface area contributed by atoms with Crippen LogP contribution in [-0.4, -0.2) is 45.0 Å². The van der Waals surface area contributed by atoms with E-state index in [1.165, 1.54) is 10.4 Å². The minimum atomic E-state index is -3.68. The van der Waals surface area contributed by atoms with Crippen LogP contribution < -0.4 is 4.74 Å². The van der Waals surface area contributed by atoms with Crippen LogP contribution in [0.2, 0.25) is 0 Å². The number of ether oxygens (including phenoxy) is 2. The number of hydrogen-bond acceptors (Lipinski definition) is 5. The Balaban J connectivity index is 1.88. The number of carbonyl (C=O) groups excluding carboxylic acids is 1. The van der Waals surface area contributed by atoms with Gasteiger partial charge in [0.2, 0.25) is 10.0 Å². The van der Waals surface area contributed by atoms with Crippen LogP contribution in [0.25, 0.3) is 0 Å². The molecule has 0 aromatic heterocycles. The zero-order valence-electron chi connectivity index (χ0n) is 14.8. The minimum Gasteiger partial charge on any atom is -0.423 e. The van der Waals surface area contributed by atoms with Gasteiger partial charge in [0.1, 0.15) is 5.75 Å². The van der Waals surface area contributed by atoms with Crippen molar-refractivity contribution in [2.24, 2.45) is 0 Å². The van der Waals surface area contributed by atoms with Crippen molar-refractivity contribution in [3.63, 3.8) is 0 Å². The maximum Gasteiger partial charge on any atom is 0.343 e. The molecule has 0 atom stereocenters. The van der Waals surface area contributed by atoms with Crippen LogP contribution in [0.5, 0.6) is 5.75 Å². The molecular weight excluding hydrogens is 354 g/mol. The fraction of sp³-hybridized carbons (Fsp3) is 0.316. The van der Waals surface area contributed by atoms with E-state index in [1.54, 1.807) is 37.3 Å². The summed E-state index contributed by atoms with van der Waals surface area (Å²) >= 11 is 0. The molecular formula is C19H21NO5S. The number of esters is 1. The van der Waals surface area contributed by atoms with Crippen LogP contribution in [0.1, 0.15) is 21.5 Å². The van der Waals surface area contributed by atoms with Crippen molar-refractivity contribution in [3.05, 3.63) is 59.2 Å². The Morgan fingerprint density at radius 2 is 1.81 bits per heavy atom. The summed E-state index contributed by atoms with van der Waals surface area (Å²) in [6, 6.07) is 11.7. The predicted octanol–water partition coefficient (Wildman–Crippen LogP) is 2.54. The van der Waals surface area contributed by atoms with Gasteiger partial charge < -0.3 is 9.47 Å². The Bertz CT molecular complexity index is 917. The molecule has 7 heteroatoms. The Kier molecular flexibility index (Phi) is 5.41. The molecule has 0 saturated carbocycles. The zero-order valence-corrected chi connectivity index (χ0v) is 15.6. The van der Waals surface area contributed by atoms with E-state index < -0.39 is 16.0 Å². The smallest absolute Gasteiger partial charge is 0.343 e. The molecule has 0 spiro atoms. The number of hydrogen-bond donors (Lipinski definition) is 0. The summed E-state index contributed by atoms with van der Waals surface area (Å²) in [7, 11) is -3.68. The van der Waals surface area contributed by atoms with E-state index in [0.717, 1.165) is 5.56 Å². The topological polar surface area (TPSA) is 72.9 Å². The number of morpholine rings is 1. The van der Waals surface area contributed by atoms with Gasteiger partial charge in [-0.05, 0) is 49.2 Å². The zero-order chi connectivity index (χ0) is 18.7. The fourth-order valence-corrected chi connectivity index (χ4v) is 4.43. The SMILES string of the molecule is Cc1cccc(OC(=O)c2ccc(C)c(S(=O)(=O)N3CCOCC3)c2)c1. The first-order valence-corrected chi connectivity index (χ1v) is 9.79. The van der Waals surface area contributed by atoms with E-state index in [-0.39, 0.29) is 10.5 Å². The minimum absolute atomic E-state index is 0.123. The third kappa shape index (κ3) is 3.95. The number of benzene rings is 2. The third-order valence-corrected chi connectivity index (χ3v) is 6.25. The van der Waals surface area contributed by atoms with Crippen LogP contribution in [0.3, 0.4) is 0 Å². The van der Waals surface area contributed by atoms with Crippen LogP contribution in [0, 0.1) is 13.8 Å². The summed E-state index contributed by atoms with van der Waals surface area (Å²) in [4.78, 5) is 12.6. The van der Waals surface area contributed by atoms with Crippen molar-refractivity contribution >= 4 is 16.0 Å². The molecule has 0 N–H and O–H groups in total. The van der Waals surface area contributed by atoms with Crippen LogP contribution in [-0.2, 0) is 14.8 Å². The van der Waals surface area contributed by atoms with E-state index in [9.17, 15) is 13.2 Å². The van der Waals surface area contributed by atoms with Crippen molar-refractivity contribution in [2.75, 3.05) is 26.3 Å². The van der Waals surface area contributed by atoms with Gasteiger partial charge in [-0.2, -0.15) is 4.31 Å². The maximum atomic E-state index is 12.9. The molecule has 0 unspecified atom stereocenters. The summed E-state index contributed by atoms with van der Waals surface area (Å²) in [6.07, 6.45) is 0. The molecule has 2 aromatic rings. The normalized spacial score (nSPS) is 15.6.